The summed E-state index contributed by atoms with van der Waals surface area (Å²) in [6, 6.07) is 9.76. The average Bonchev–Trinajstić information content (AvgIpc) is 3.25. The quantitative estimate of drug-likeness (QED) is 0.802. The van der Waals surface area contributed by atoms with Gasteiger partial charge in [0.2, 0.25) is 11.9 Å². The third-order valence-corrected chi connectivity index (χ3v) is 5.22. The molecule has 2 N–H and O–H groups in total. The maximum Gasteiger partial charge on any atom is 0.241 e. The Bertz CT molecular complexity index is 777. The largest absolute Gasteiger partial charge is 0.494 e. The van der Waals surface area contributed by atoms with Crippen LogP contribution in [0.1, 0.15) is 24.9 Å². The maximum absolute atomic E-state index is 12.9. The number of rotatable bonds is 5. The Labute approximate surface area is 164 Å². The lowest BCUT2D eigenvalue weighted by molar-refractivity contribution is -0.133. The predicted octanol–water partition coefficient (Wildman–Crippen LogP) is 1.13. The van der Waals surface area contributed by atoms with Gasteiger partial charge in [-0.15, -0.1) is 0 Å². The SMILES string of the molecule is CCOc1ccc(C2CC(C(=O)N3CCN(c4ncccn4)CC3)NN2)cc1. The second-order valence-electron chi connectivity index (χ2n) is 6.99. The van der Waals surface area contributed by atoms with Gasteiger partial charge in [-0.3, -0.25) is 4.79 Å². The van der Waals surface area contributed by atoms with E-state index in [9.17, 15) is 4.79 Å². The fourth-order valence-corrected chi connectivity index (χ4v) is 3.70. The number of amides is 1. The summed E-state index contributed by atoms with van der Waals surface area (Å²) in [5, 5.41) is 0. The molecule has 1 aromatic heterocycles. The number of hydrogen-bond acceptors (Lipinski definition) is 7. The Hall–Kier alpha value is -2.71. The van der Waals surface area contributed by atoms with Crippen molar-refractivity contribution in [3.8, 4) is 5.75 Å². The van der Waals surface area contributed by atoms with Gasteiger partial charge in [-0.25, -0.2) is 20.8 Å². The van der Waals surface area contributed by atoms with E-state index < -0.39 is 0 Å². The van der Waals surface area contributed by atoms with Gasteiger partial charge in [0.15, 0.2) is 0 Å². The lowest BCUT2D eigenvalue weighted by atomic mass is 10.0. The molecule has 148 valence electrons. The van der Waals surface area contributed by atoms with Gasteiger partial charge in [0.05, 0.1) is 6.61 Å². The van der Waals surface area contributed by atoms with Crippen molar-refractivity contribution in [1.29, 1.82) is 0 Å². The highest BCUT2D eigenvalue weighted by Crippen LogP contribution is 2.25. The normalized spacial score (nSPS) is 22.3. The second-order valence-corrected chi connectivity index (χ2v) is 6.99. The summed E-state index contributed by atoms with van der Waals surface area (Å²) in [7, 11) is 0. The fourth-order valence-electron chi connectivity index (χ4n) is 3.70. The van der Waals surface area contributed by atoms with Crippen LogP contribution in [0.2, 0.25) is 0 Å². The minimum absolute atomic E-state index is 0.114. The molecule has 1 amide bonds. The van der Waals surface area contributed by atoms with Crippen molar-refractivity contribution >= 4 is 11.9 Å². The first-order valence-corrected chi connectivity index (χ1v) is 9.79. The van der Waals surface area contributed by atoms with Crippen LogP contribution in [0, 0.1) is 0 Å². The van der Waals surface area contributed by atoms with Gasteiger partial charge in [0.1, 0.15) is 11.8 Å². The number of hydrazine groups is 1. The summed E-state index contributed by atoms with van der Waals surface area (Å²) in [5.74, 6) is 1.74. The molecule has 28 heavy (non-hydrogen) atoms. The maximum atomic E-state index is 12.9. The Morgan fingerprint density at radius 3 is 2.50 bits per heavy atom. The summed E-state index contributed by atoms with van der Waals surface area (Å²) in [4.78, 5) is 25.5. The molecular formula is C20H26N6O2. The molecule has 2 atom stereocenters. The van der Waals surface area contributed by atoms with Crippen LogP contribution in [0.15, 0.2) is 42.7 Å². The molecular weight excluding hydrogens is 356 g/mol. The van der Waals surface area contributed by atoms with E-state index >= 15 is 0 Å². The number of aromatic nitrogens is 2. The molecule has 8 heteroatoms. The van der Waals surface area contributed by atoms with Crippen molar-refractivity contribution in [1.82, 2.24) is 25.7 Å². The van der Waals surface area contributed by atoms with E-state index in [1.54, 1.807) is 12.4 Å². The van der Waals surface area contributed by atoms with E-state index in [0.717, 1.165) is 36.8 Å². The molecule has 2 saturated heterocycles. The third kappa shape index (κ3) is 4.07. The minimum atomic E-state index is -0.212. The van der Waals surface area contributed by atoms with Gasteiger partial charge in [-0.05, 0) is 37.1 Å². The molecule has 2 unspecified atom stereocenters. The van der Waals surface area contributed by atoms with Crippen molar-refractivity contribution in [2.45, 2.75) is 25.4 Å². The van der Waals surface area contributed by atoms with E-state index in [-0.39, 0.29) is 18.0 Å². The van der Waals surface area contributed by atoms with Crippen molar-refractivity contribution in [3.05, 3.63) is 48.3 Å². The standard InChI is InChI=1S/C20H26N6O2/c1-2-28-16-6-4-15(5-7-16)17-14-18(24-23-17)19(27)25-10-12-26(13-11-25)20-21-8-3-9-22-20/h3-9,17-18,23-24H,2,10-14H2,1H3. The number of carbonyl (C=O) groups is 1. The zero-order valence-corrected chi connectivity index (χ0v) is 16.0. The Morgan fingerprint density at radius 2 is 1.82 bits per heavy atom. The Balaban J connectivity index is 1.30. The number of ether oxygens (including phenoxy) is 1. The zero-order valence-electron chi connectivity index (χ0n) is 16.0. The van der Waals surface area contributed by atoms with Crippen LogP contribution in [0.25, 0.3) is 0 Å². The minimum Gasteiger partial charge on any atom is -0.494 e. The summed E-state index contributed by atoms with van der Waals surface area (Å²) < 4.78 is 5.49. The summed E-state index contributed by atoms with van der Waals surface area (Å²) in [6.45, 7) is 5.49. The first kappa shape index (κ1) is 18.6. The molecule has 3 heterocycles. The number of benzene rings is 1. The van der Waals surface area contributed by atoms with Gasteiger partial charge in [-0.2, -0.15) is 0 Å². The van der Waals surface area contributed by atoms with Gasteiger partial charge < -0.3 is 14.5 Å². The van der Waals surface area contributed by atoms with E-state index in [2.05, 4.69) is 37.9 Å². The molecule has 0 saturated carbocycles. The molecule has 4 rings (SSSR count). The molecule has 0 spiro atoms. The van der Waals surface area contributed by atoms with Gasteiger partial charge >= 0.3 is 0 Å². The molecule has 1 aromatic carbocycles. The molecule has 0 radical (unpaired) electrons. The average molecular weight is 382 g/mol. The second kappa shape index (κ2) is 8.53. The first-order chi connectivity index (χ1) is 13.7. The lowest BCUT2D eigenvalue weighted by Gasteiger charge is -2.35. The van der Waals surface area contributed by atoms with Crippen molar-refractivity contribution in [2.24, 2.45) is 0 Å². The van der Waals surface area contributed by atoms with E-state index in [1.807, 2.05) is 30.0 Å². The first-order valence-electron chi connectivity index (χ1n) is 9.79. The molecule has 2 aliphatic heterocycles. The molecule has 0 aliphatic carbocycles. The molecule has 2 aliphatic rings. The Morgan fingerprint density at radius 1 is 1.11 bits per heavy atom. The Kier molecular flexibility index (Phi) is 5.68. The third-order valence-electron chi connectivity index (χ3n) is 5.22. The van der Waals surface area contributed by atoms with Crippen molar-refractivity contribution < 1.29 is 9.53 Å². The number of hydrogen-bond donors (Lipinski definition) is 2. The van der Waals surface area contributed by atoms with E-state index in [1.165, 1.54) is 0 Å². The highest BCUT2D eigenvalue weighted by atomic mass is 16.5. The fraction of sp³-hybridized carbons (Fsp3) is 0.450. The van der Waals surface area contributed by atoms with Crippen LogP contribution >= 0.6 is 0 Å². The van der Waals surface area contributed by atoms with E-state index in [4.69, 9.17) is 4.74 Å². The van der Waals surface area contributed by atoms with Crippen molar-refractivity contribution in [3.63, 3.8) is 0 Å². The summed E-state index contributed by atoms with van der Waals surface area (Å²) in [5.41, 5.74) is 7.58. The van der Waals surface area contributed by atoms with Crippen LogP contribution in [-0.4, -0.2) is 59.6 Å². The van der Waals surface area contributed by atoms with E-state index in [0.29, 0.717) is 19.7 Å². The zero-order chi connectivity index (χ0) is 19.3. The van der Waals surface area contributed by atoms with Crippen LogP contribution in [-0.2, 0) is 4.79 Å². The summed E-state index contributed by atoms with van der Waals surface area (Å²) in [6.07, 6.45) is 4.22. The monoisotopic (exact) mass is 382 g/mol. The highest BCUT2D eigenvalue weighted by molar-refractivity contribution is 5.82. The lowest BCUT2D eigenvalue weighted by Crippen LogP contribution is -2.54. The topological polar surface area (TPSA) is 82.6 Å². The van der Waals surface area contributed by atoms with Crippen molar-refractivity contribution in [2.75, 3.05) is 37.7 Å². The number of carbonyl (C=O) groups excluding carboxylic acids is 1. The van der Waals surface area contributed by atoms with Crippen LogP contribution in [0.5, 0.6) is 5.75 Å². The smallest absolute Gasteiger partial charge is 0.241 e. The van der Waals surface area contributed by atoms with Crippen LogP contribution in [0.3, 0.4) is 0 Å². The predicted molar refractivity (Wildman–Crippen MR) is 106 cm³/mol. The van der Waals surface area contributed by atoms with Crippen LogP contribution < -0.4 is 20.5 Å². The number of piperazine rings is 1. The van der Waals surface area contributed by atoms with Gasteiger partial charge in [-0.1, -0.05) is 12.1 Å². The number of nitrogens with zero attached hydrogens (tertiary/aromatic N) is 4. The van der Waals surface area contributed by atoms with Gasteiger partial charge in [0, 0.05) is 44.6 Å². The number of anilines is 1. The molecule has 2 fully saturated rings. The molecule has 8 nitrogen and oxygen atoms in total. The summed E-state index contributed by atoms with van der Waals surface area (Å²) >= 11 is 0. The highest BCUT2D eigenvalue weighted by Gasteiger charge is 2.34. The van der Waals surface area contributed by atoms with Crippen LogP contribution in [0.4, 0.5) is 5.95 Å². The van der Waals surface area contributed by atoms with Gasteiger partial charge in [0.25, 0.3) is 0 Å². The number of nitrogens with one attached hydrogen (secondary N) is 2. The molecule has 0 bridgehead atoms. The molecule has 2 aromatic rings.